The Morgan fingerprint density at radius 3 is 2.17 bits per heavy atom. The van der Waals surface area contributed by atoms with Crippen molar-refractivity contribution in [3.63, 3.8) is 0 Å². The van der Waals surface area contributed by atoms with Crippen LogP contribution in [0.2, 0.25) is 0 Å². The molecule has 0 unspecified atom stereocenters. The molecule has 0 radical (unpaired) electrons. The third kappa shape index (κ3) is 1.99. The second-order valence-corrected chi connectivity index (χ2v) is 4.49. The Morgan fingerprint density at radius 2 is 1.67 bits per heavy atom. The highest BCUT2D eigenvalue weighted by Gasteiger charge is 2.34. The van der Waals surface area contributed by atoms with Crippen LogP contribution in [-0.2, 0) is 0 Å². The van der Waals surface area contributed by atoms with E-state index < -0.39 is 0 Å². The average Bonchev–Trinajstić information content (AvgIpc) is 1.96. The van der Waals surface area contributed by atoms with Gasteiger partial charge in [0.15, 0.2) is 0 Å². The molecule has 72 valence electrons. The molecule has 2 N–H and O–H groups in total. The molecule has 0 amide bonds. The normalized spacial score (nSPS) is 43.5. The summed E-state index contributed by atoms with van der Waals surface area (Å²) < 4.78 is 0. The van der Waals surface area contributed by atoms with Gasteiger partial charge in [-0.15, -0.1) is 0 Å². The number of hydrogen-bond acceptors (Lipinski definition) is 2. The van der Waals surface area contributed by atoms with E-state index >= 15 is 0 Å². The zero-order valence-corrected chi connectivity index (χ0v) is 8.20. The molecule has 1 saturated carbocycles. The summed E-state index contributed by atoms with van der Waals surface area (Å²) in [4.78, 5) is 0. The lowest BCUT2D eigenvalue weighted by Gasteiger charge is -2.37. The average molecular weight is 172 g/mol. The topological polar surface area (TPSA) is 40.5 Å². The molecule has 0 aromatic carbocycles. The second-order valence-electron chi connectivity index (χ2n) is 4.49. The lowest BCUT2D eigenvalue weighted by Crippen LogP contribution is -2.39. The molecule has 2 nitrogen and oxygen atoms in total. The van der Waals surface area contributed by atoms with Gasteiger partial charge < -0.3 is 10.2 Å². The molecule has 2 heteroatoms. The minimum absolute atomic E-state index is 0.205. The Labute approximate surface area is 74.6 Å². The standard InChI is InChI=1S/C10H20O2/c1-6(2)8-5-9(11)7(3)4-10(8)12/h6-12H,4-5H2,1-3H3/t7-,8-,9+,10-/m1/s1. The summed E-state index contributed by atoms with van der Waals surface area (Å²) in [6.45, 7) is 6.22. The summed E-state index contributed by atoms with van der Waals surface area (Å²) in [5.41, 5.74) is 0. The summed E-state index contributed by atoms with van der Waals surface area (Å²) in [6.07, 6.45) is 1.11. The van der Waals surface area contributed by atoms with Gasteiger partial charge in [0, 0.05) is 0 Å². The van der Waals surface area contributed by atoms with Crippen molar-refractivity contribution < 1.29 is 10.2 Å². The summed E-state index contributed by atoms with van der Waals surface area (Å²) >= 11 is 0. The first-order valence-electron chi connectivity index (χ1n) is 4.88. The van der Waals surface area contributed by atoms with Gasteiger partial charge in [-0.3, -0.25) is 0 Å². The molecule has 0 heterocycles. The van der Waals surface area contributed by atoms with Crippen molar-refractivity contribution in [3.05, 3.63) is 0 Å². The van der Waals surface area contributed by atoms with E-state index in [4.69, 9.17) is 0 Å². The monoisotopic (exact) mass is 172 g/mol. The van der Waals surface area contributed by atoms with Crippen LogP contribution >= 0.6 is 0 Å². The van der Waals surface area contributed by atoms with Gasteiger partial charge in [0.1, 0.15) is 0 Å². The number of rotatable bonds is 1. The highest BCUT2D eigenvalue weighted by atomic mass is 16.3. The summed E-state index contributed by atoms with van der Waals surface area (Å²) in [7, 11) is 0. The fraction of sp³-hybridized carbons (Fsp3) is 1.00. The van der Waals surface area contributed by atoms with Gasteiger partial charge in [0.2, 0.25) is 0 Å². The summed E-state index contributed by atoms with van der Waals surface area (Å²) in [5, 5.41) is 19.3. The second kappa shape index (κ2) is 3.75. The predicted molar refractivity (Wildman–Crippen MR) is 48.7 cm³/mol. The molecule has 4 atom stereocenters. The number of aliphatic hydroxyl groups excluding tert-OH is 2. The lowest BCUT2D eigenvalue weighted by atomic mass is 9.74. The fourth-order valence-electron chi connectivity index (χ4n) is 2.10. The largest absolute Gasteiger partial charge is 0.393 e. The molecule has 12 heavy (non-hydrogen) atoms. The van der Waals surface area contributed by atoms with Gasteiger partial charge in [-0.05, 0) is 30.6 Å². The van der Waals surface area contributed by atoms with Crippen molar-refractivity contribution in [2.75, 3.05) is 0 Å². The first-order chi connectivity index (χ1) is 5.52. The Bertz CT molecular complexity index is 145. The zero-order chi connectivity index (χ0) is 9.30. The van der Waals surface area contributed by atoms with Crippen LogP contribution in [0.3, 0.4) is 0 Å². The Kier molecular flexibility index (Phi) is 3.13. The molecule has 1 rings (SSSR count). The van der Waals surface area contributed by atoms with E-state index in [2.05, 4.69) is 13.8 Å². The molecule has 1 aliphatic carbocycles. The first kappa shape index (κ1) is 10.0. The Balaban J connectivity index is 2.55. The maximum absolute atomic E-state index is 9.72. The van der Waals surface area contributed by atoms with Crippen molar-refractivity contribution in [2.24, 2.45) is 17.8 Å². The molecular formula is C10H20O2. The molecule has 0 aliphatic heterocycles. The van der Waals surface area contributed by atoms with Crippen LogP contribution in [-0.4, -0.2) is 22.4 Å². The van der Waals surface area contributed by atoms with Gasteiger partial charge >= 0.3 is 0 Å². The Hall–Kier alpha value is -0.0800. The van der Waals surface area contributed by atoms with E-state index in [1.54, 1.807) is 0 Å². The maximum atomic E-state index is 9.72. The third-order valence-corrected chi connectivity index (χ3v) is 3.13. The van der Waals surface area contributed by atoms with Crippen molar-refractivity contribution >= 4 is 0 Å². The maximum Gasteiger partial charge on any atom is 0.0575 e. The zero-order valence-electron chi connectivity index (χ0n) is 8.20. The highest BCUT2D eigenvalue weighted by molar-refractivity contribution is 4.84. The van der Waals surface area contributed by atoms with Gasteiger partial charge in [0.25, 0.3) is 0 Å². The summed E-state index contributed by atoms with van der Waals surface area (Å²) in [6, 6.07) is 0. The lowest BCUT2D eigenvalue weighted by molar-refractivity contribution is -0.0413. The van der Waals surface area contributed by atoms with Crippen LogP contribution < -0.4 is 0 Å². The molecule has 0 aromatic heterocycles. The smallest absolute Gasteiger partial charge is 0.0575 e. The van der Waals surface area contributed by atoms with E-state index in [0.29, 0.717) is 5.92 Å². The minimum atomic E-state index is -0.208. The van der Waals surface area contributed by atoms with Gasteiger partial charge in [-0.2, -0.15) is 0 Å². The third-order valence-electron chi connectivity index (χ3n) is 3.13. The van der Waals surface area contributed by atoms with Crippen molar-refractivity contribution in [1.82, 2.24) is 0 Å². The molecule has 0 aromatic rings. The van der Waals surface area contributed by atoms with E-state index in [0.717, 1.165) is 12.8 Å². The molecule has 0 saturated heterocycles. The predicted octanol–water partition coefficient (Wildman–Crippen LogP) is 1.41. The van der Waals surface area contributed by atoms with Gasteiger partial charge in [-0.25, -0.2) is 0 Å². The Morgan fingerprint density at radius 1 is 1.08 bits per heavy atom. The molecular weight excluding hydrogens is 152 g/mol. The van der Waals surface area contributed by atoms with E-state index in [1.807, 2.05) is 6.92 Å². The first-order valence-corrected chi connectivity index (χ1v) is 4.88. The minimum Gasteiger partial charge on any atom is -0.393 e. The van der Waals surface area contributed by atoms with Crippen molar-refractivity contribution in [3.8, 4) is 0 Å². The molecule has 1 aliphatic rings. The van der Waals surface area contributed by atoms with Crippen LogP contribution in [0.1, 0.15) is 33.6 Å². The van der Waals surface area contributed by atoms with Gasteiger partial charge in [0.05, 0.1) is 12.2 Å². The van der Waals surface area contributed by atoms with Crippen LogP contribution in [0, 0.1) is 17.8 Å². The fourth-order valence-corrected chi connectivity index (χ4v) is 2.10. The highest BCUT2D eigenvalue weighted by Crippen LogP contribution is 2.33. The van der Waals surface area contributed by atoms with E-state index in [9.17, 15) is 10.2 Å². The van der Waals surface area contributed by atoms with Crippen LogP contribution in [0.5, 0.6) is 0 Å². The van der Waals surface area contributed by atoms with Crippen LogP contribution in [0.25, 0.3) is 0 Å². The van der Waals surface area contributed by atoms with Crippen molar-refractivity contribution in [2.45, 2.75) is 45.8 Å². The molecule has 1 fully saturated rings. The summed E-state index contributed by atoms with van der Waals surface area (Å²) in [5.74, 6) is 1.02. The molecule has 0 bridgehead atoms. The van der Waals surface area contributed by atoms with Crippen LogP contribution in [0.4, 0.5) is 0 Å². The quantitative estimate of drug-likeness (QED) is 0.628. The molecule has 0 spiro atoms. The number of hydrogen-bond donors (Lipinski definition) is 2. The van der Waals surface area contributed by atoms with Crippen LogP contribution in [0.15, 0.2) is 0 Å². The van der Waals surface area contributed by atoms with Crippen molar-refractivity contribution in [1.29, 1.82) is 0 Å². The van der Waals surface area contributed by atoms with Gasteiger partial charge in [-0.1, -0.05) is 20.8 Å². The number of aliphatic hydroxyl groups is 2. The SMILES string of the molecule is CC(C)[C@H]1C[C@H](O)[C@H](C)C[C@H]1O. The van der Waals surface area contributed by atoms with E-state index in [-0.39, 0.29) is 24.0 Å². The van der Waals surface area contributed by atoms with E-state index in [1.165, 1.54) is 0 Å².